The lowest BCUT2D eigenvalue weighted by molar-refractivity contribution is 0.0159. The van der Waals surface area contributed by atoms with Crippen LogP contribution in [0.3, 0.4) is 0 Å². The van der Waals surface area contributed by atoms with Crippen LogP contribution in [0.15, 0.2) is 33.6 Å². The minimum absolute atomic E-state index is 0.0172. The zero-order valence-electron chi connectivity index (χ0n) is 15.6. The Morgan fingerprint density at radius 3 is 2.69 bits per heavy atom. The molecule has 3 rings (SSSR count). The first-order valence-corrected chi connectivity index (χ1v) is 10.2. The molecule has 2 aliphatic heterocycles. The van der Waals surface area contributed by atoms with Gasteiger partial charge in [0.15, 0.2) is 5.84 Å². The van der Waals surface area contributed by atoms with Gasteiger partial charge in [-0.2, -0.15) is 8.42 Å². The lowest BCUT2D eigenvalue weighted by atomic mass is 10.0. The fourth-order valence-electron chi connectivity index (χ4n) is 3.28. The number of likely N-dealkylation sites (tertiary alicyclic amines) is 1. The smallest absolute Gasteiger partial charge is 0.410 e. The molecule has 1 saturated heterocycles. The largest absolute Gasteiger partial charge is 0.444 e. The van der Waals surface area contributed by atoms with Crippen LogP contribution in [0.5, 0.6) is 0 Å². The van der Waals surface area contributed by atoms with Gasteiger partial charge in [0.25, 0.3) is 10.0 Å². The molecule has 142 valence electrons. The van der Waals surface area contributed by atoms with Crippen LogP contribution < -0.4 is 0 Å². The van der Waals surface area contributed by atoms with Crippen molar-refractivity contribution in [3.05, 3.63) is 29.8 Å². The number of hydrogen-bond donors (Lipinski definition) is 0. The van der Waals surface area contributed by atoms with Gasteiger partial charge >= 0.3 is 6.09 Å². The first-order valence-electron chi connectivity index (χ1n) is 8.73. The highest BCUT2D eigenvalue weighted by Gasteiger charge is 2.35. The van der Waals surface area contributed by atoms with Crippen molar-refractivity contribution in [2.45, 2.75) is 50.2 Å². The Kier molecular flexibility index (Phi) is 4.72. The molecule has 0 spiro atoms. The monoisotopic (exact) mass is 379 g/mol. The first kappa shape index (κ1) is 18.7. The third kappa shape index (κ3) is 3.70. The average molecular weight is 379 g/mol. The Hall–Kier alpha value is -2.09. The molecule has 2 heterocycles. The van der Waals surface area contributed by atoms with Crippen molar-refractivity contribution in [2.75, 3.05) is 20.1 Å². The second-order valence-corrected chi connectivity index (χ2v) is 9.29. The van der Waals surface area contributed by atoms with Crippen LogP contribution in [0.2, 0.25) is 0 Å². The van der Waals surface area contributed by atoms with Gasteiger partial charge in [0.2, 0.25) is 0 Å². The molecule has 0 aliphatic carbocycles. The molecule has 8 heteroatoms. The molecule has 2 aliphatic rings. The van der Waals surface area contributed by atoms with E-state index in [9.17, 15) is 13.2 Å². The van der Waals surface area contributed by atoms with E-state index >= 15 is 0 Å². The van der Waals surface area contributed by atoms with Crippen molar-refractivity contribution < 1.29 is 17.9 Å². The molecule has 1 amide bonds. The number of piperidine rings is 1. The number of ether oxygens (including phenoxy) is 1. The van der Waals surface area contributed by atoms with E-state index in [4.69, 9.17) is 4.74 Å². The third-order valence-electron chi connectivity index (χ3n) is 4.54. The normalized spacial score (nSPS) is 21.8. The maximum Gasteiger partial charge on any atom is 0.410 e. The number of rotatable bonds is 1. The molecule has 0 radical (unpaired) electrons. The van der Waals surface area contributed by atoms with Crippen molar-refractivity contribution >= 4 is 22.0 Å². The molecular weight excluding hydrogens is 354 g/mol. The lowest BCUT2D eigenvalue weighted by Crippen LogP contribution is -2.51. The molecule has 26 heavy (non-hydrogen) atoms. The summed E-state index contributed by atoms with van der Waals surface area (Å²) in [4.78, 5) is 16.2. The van der Waals surface area contributed by atoms with Crippen LogP contribution in [0.25, 0.3) is 0 Å². The number of nitrogens with zero attached hydrogens (tertiary/aromatic N) is 3. The van der Waals surface area contributed by atoms with Crippen molar-refractivity contribution in [1.29, 1.82) is 0 Å². The molecule has 0 unspecified atom stereocenters. The number of likely N-dealkylation sites (N-methyl/N-ethyl adjacent to an activating group) is 1. The van der Waals surface area contributed by atoms with Crippen molar-refractivity contribution in [3.8, 4) is 0 Å². The number of benzene rings is 1. The molecule has 0 aromatic heterocycles. The predicted octanol–water partition coefficient (Wildman–Crippen LogP) is 2.47. The molecular formula is C18H25N3O4S. The van der Waals surface area contributed by atoms with Crippen molar-refractivity contribution in [3.63, 3.8) is 0 Å². The van der Waals surface area contributed by atoms with Gasteiger partial charge in [0.05, 0.1) is 0 Å². The van der Waals surface area contributed by atoms with Crippen LogP contribution >= 0.6 is 0 Å². The van der Waals surface area contributed by atoms with Gasteiger partial charge in [-0.05, 0) is 45.7 Å². The van der Waals surface area contributed by atoms with E-state index in [1.54, 1.807) is 29.2 Å². The summed E-state index contributed by atoms with van der Waals surface area (Å²) in [6.45, 7) is 6.64. The van der Waals surface area contributed by atoms with Gasteiger partial charge in [-0.3, -0.25) is 0 Å². The maximum atomic E-state index is 12.4. The molecule has 0 saturated carbocycles. The number of carbonyl (C=O) groups excluding carboxylic acids is 1. The molecule has 1 atom stereocenters. The Morgan fingerprint density at radius 2 is 2.00 bits per heavy atom. The van der Waals surface area contributed by atoms with Gasteiger partial charge in [-0.1, -0.05) is 12.1 Å². The van der Waals surface area contributed by atoms with E-state index in [1.807, 2.05) is 32.7 Å². The zero-order chi connectivity index (χ0) is 19.1. The van der Waals surface area contributed by atoms with E-state index in [2.05, 4.69) is 4.40 Å². The summed E-state index contributed by atoms with van der Waals surface area (Å²) >= 11 is 0. The standard InChI is InChI=1S/C18H25N3O4S/c1-18(2,3)25-17(22)21-11-7-8-13(12-21)20(4)16-14-9-5-6-10-15(14)26(23,24)19-16/h5-6,9-10,13H,7-8,11-12H2,1-4H3/t13-/m1/s1. The van der Waals surface area contributed by atoms with Gasteiger partial charge < -0.3 is 14.5 Å². The highest BCUT2D eigenvalue weighted by atomic mass is 32.2. The van der Waals surface area contributed by atoms with Gasteiger partial charge in [0.1, 0.15) is 10.5 Å². The number of sulfonamides is 1. The van der Waals surface area contributed by atoms with Crippen LogP contribution in [0, 0.1) is 0 Å². The van der Waals surface area contributed by atoms with E-state index in [1.165, 1.54) is 0 Å². The fraction of sp³-hybridized carbons (Fsp3) is 0.556. The summed E-state index contributed by atoms with van der Waals surface area (Å²) in [7, 11) is -1.82. The van der Waals surface area contributed by atoms with Crippen LogP contribution in [-0.4, -0.2) is 61.9 Å². The van der Waals surface area contributed by atoms with E-state index in [-0.39, 0.29) is 17.0 Å². The summed E-state index contributed by atoms with van der Waals surface area (Å²) in [6.07, 6.45) is 1.35. The fourth-order valence-corrected chi connectivity index (χ4v) is 4.52. The molecule has 1 aromatic rings. The van der Waals surface area contributed by atoms with E-state index < -0.39 is 15.6 Å². The summed E-state index contributed by atoms with van der Waals surface area (Å²) < 4.78 is 34.0. The number of carbonyl (C=O) groups is 1. The Labute approximate surface area is 154 Å². The summed E-state index contributed by atoms with van der Waals surface area (Å²) in [5, 5.41) is 0. The Morgan fingerprint density at radius 1 is 1.31 bits per heavy atom. The van der Waals surface area contributed by atoms with Crippen molar-refractivity contribution in [2.24, 2.45) is 4.40 Å². The molecule has 0 bridgehead atoms. The summed E-state index contributed by atoms with van der Waals surface area (Å²) in [5.41, 5.74) is 0.0720. The Balaban J connectivity index is 1.79. The Bertz CT molecular complexity index is 842. The number of fused-ring (bicyclic) bond motifs is 1. The highest BCUT2D eigenvalue weighted by Crippen LogP contribution is 2.29. The second-order valence-electron chi connectivity index (χ2n) is 7.72. The number of hydrogen-bond acceptors (Lipinski definition) is 5. The molecule has 1 aromatic carbocycles. The summed E-state index contributed by atoms with van der Waals surface area (Å²) in [5.74, 6) is 0.441. The molecule has 1 fully saturated rings. The first-order chi connectivity index (χ1) is 12.1. The van der Waals surface area contributed by atoms with Gasteiger partial charge in [0, 0.05) is 31.7 Å². The van der Waals surface area contributed by atoms with E-state index in [0.29, 0.717) is 24.5 Å². The SMILES string of the molecule is CN(C1=NS(=O)(=O)c2ccccc21)[C@@H]1CCCN(C(=O)OC(C)(C)C)C1. The highest BCUT2D eigenvalue weighted by molar-refractivity contribution is 7.90. The summed E-state index contributed by atoms with van der Waals surface area (Å²) in [6, 6.07) is 6.82. The number of amides is 1. The minimum atomic E-state index is -3.65. The minimum Gasteiger partial charge on any atom is -0.444 e. The maximum absolute atomic E-state index is 12.4. The third-order valence-corrected chi connectivity index (χ3v) is 5.87. The zero-order valence-corrected chi connectivity index (χ0v) is 16.4. The van der Waals surface area contributed by atoms with Crippen LogP contribution in [0.4, 0.5) is 4.79 Å². The lowest BCUT2D eigenvalue weighted by Gasteiger charge is -2.38. The van der Waals surface area contributed by atoms with Crippen LogP contribution in [-0.2, 0) is 14.8 Å². The average Bonchev–Trinajstić information content (AvgIpc) is 2.85. The molecule has 0 N–H and O–H groups in total. The van der Waals surface area contributed by atoms with Crippen molar-refractivity contribution in [1.82, 2.24) is 9.80 Å². The molecule has 7 nitrogen and oxygen atoms in total. The quantitative estimate of drug-likeness (QED) is 0.749. The van der Waals surface area contributed by atoms with Crippen LogP contribution in [0.1, 0.15) is 39.2 Å². The predicted molar refractivity (Wildman–Crippen MR) is 98.8 cm³/mol. The number of amidine groups is 1. The topological polar surface area (TPSA) is 79.3 Å². The van der Waals surface area contributed by atoms with E-state index in [0.717, 1.165) is 12.8 Å². The van der Waals surface area contributed by atoms with Gasteiger partial charge in [-0.15, -0.1) is 4.40 Å². The van der Waals surface area contributed by atoms with Gasteiger partial charge in [-0.25, -0.2) is 4.79 Å². The second kappa shape index (κ2) is 6.57.